The second-order valence-electron chi connectivity index (χ2n) is 7.02. The lowest BCUT2D eigenvalue weighted by Crippen LogP contribution is -2.03. The molecule has 0 fully saturated rings. The average molecular weight is 450 g/mol. The number of aryl methyl sites for hydroxylation is 2. The summed E-state index contributed by atoms with van der Waals surface area (Å²) in [6.45, 7) is 3.88. The number of methoxy groups -OCH3 is 1. The first-order chi connectivity index (χ1) is 15.1. The van der Waals surface area contributed by atoms with E-state index < -0.39 is 5.97 Å². The molecule has 0 spiro atoms. The highest BCUT2D eigenvalue weighted by atomic mass is 32.1. The van der Waals surface area contributed by atoms with Gasteiger partial charge in [0.1, 0.15) is 16.3 Å². The molecule has 0 aliphatic carbocycles. The molecule has 0 amide bonds. The summed E-state index contributed by atoms with van der Waals surface area (Å²) in [5.41, 5.74) is 4.02. The van der Waals surface area contributed by atoms with E-state index in [-0.39, 0.29) is 0 Å². The van der Waals surface area contributed by atoms with Crippen molar-refractivity contribution < 1.29 is 13.9 Å². The second-order valence-corrected chi connectivity index (χ2v) is 9.08. The standard InChI is InChI=1S/C23H19N3O3S2/c1-4-13-9-10-15-17(11-13)31-23(25-15)26-20-19(18(12(2)29-20)22(27)28-3)21-24-14-7-5-6-8-16(14)30-21/h5-11H,4H2,1-3H3,(H,25,26). The minimum Gasteiger partial charge on any atom is -0.465 e. The van der Waals surface area contributed by atoms with Crippen molar-refractivity contribution in [2.24, 2.45) is 0 Å². The summed E-state index contributed by atoms with van der Waals surface area (Å²) in [5.74, 6) is 0.449. The molecule has 3 aromatic heterocycles. The number of nitrogens with one attached hydrogen (secondary N) is 1. The molecule has 0 aliphatic heterocycles. The first-order valence-corrected chi connectivity index (χ1v) is 11.4. The number of hydrogen-bond donors (Lipinski definition) is 1. The maximum atomic E-state index is 12.6. The van der Waals surface area contributed by atoms with Crippen LogP contribution in [0.3, 0.4) is 0 Å². The number of nitrogens with zero attached hydrogens (tertiary/aromatic N) is 2. The zero-order chi connectivity index (χ0) is 21.5. The number of hydrogen-bond acceptors (Lipinski definition) is 8. The fourth-order valence-electron chi connectivity index (χ4n) is 3.50. The molecule has 2 aromatic carbocycles. The van der Waals surface area contributed by atoms with E-state index in [9.17, 15) is 4.79 Å². The van der Waals surface area contributed by atoms with Crippen LogP contribution in [0, 0.1) is 6.92 Å². The number of rotatable bonds is 5. The van der Waals surface area contributed by atoms with Gasteiger partial charge in [-0.1, -0.05) is 36.5 Å². The first kappa shape index (κ1) is 19.7. The molecule has 0 unspecified atom stereocenters. The Labute approximate surface area is 186 Å². The van der Waals surface area contributed by atoms with Gasteiger partial charge in [-0.25, -0.2) is 14.8 Å². The van der Waals surface area contributed by atoms with Crippen LogP contribution in [0.25, 0.3) is 31.0 Å². The number of esters is 1. The van der Waals surface area contributed by atoms with Crippen LogP contribution in [-0.4, -0.2) is 23.0 Å². The smallest absolute Gasteiger partial charge is 0.342 e. The van der Waals surface area contributed by atoms with Crippen molar-refractivity contribution in [1.29, 1.82) is 0 Å². The highest BCUT2D eigenvalue weighted by Gasteiger charge is 2.28. The van der Waals surface area contributed by atoms with Gasteiger partial charge in [0.2, 0.25) is 5.88 Å². The molecule has 5 rings (SSSR count). The van der Waals surface area contributed by atoms with Crippen LogP contribution < -0.4 is 5.32 Å². The van der Waals surface area contributed by atoms with Crippen molar-refractivity contribution in [3.63, 3.8) is 0 Å². The lowest BCUT2D eigenvalue weighted by atomic mass is 10.1. The SMILES string of the molecule is CCc1ccc2nc(Nc3oc(C)c(C(=O)OC)c3-c3nc4ccccc4s3)sc2c1. The Morgan fingerprint density at radius 2 is 1.90 bits per heavy atom. The van der Waals surface area contributed by atoms with E-state index in [1.54, 1.807) is 18.3 Å². The molecular formula is C23H19N3O3S2. The molecule has 0 radical (unpaired) electrons. The molecule has 1 N–H and O–H groups in total. The van der Waals surface area contributed by atoms with Gasteiger partial charge in [0, 0.05) is 0 Å². The topological polar surface area (TPSA) is 77.2 Å². The molecule has 31 heavy (non-hydrogen) atoms. The van der Waals surface area contributed by atoms with Gasteiger partial charge >= 0.3 is 5.97 Å². The number of fused-ring (bicyclic) bond motifs is 2. The predicted octanol–water partition coefficient (Wildman–Crippen LogP) is 6.57. The third-order valence-electron chi connectivity index (χ3n) is 5.06. The van der Waals surface area contributed by atoms with Crippen LogP contribution in [0.1, 0.15) is 28.6 Å². The van der Waals surface area contributed by atoms with Crippen LogP contribution in [0.5, 0.6) is 0 Å². The van der Waals surface area contributed by atoms with E-state index in [0.717, 1.165) is 26.9 Å². The van der Waals surface area contributed by atoms with Gasteiger partial charge in [0.05, 0.1) is 33.1 Å². The van der Waals surface area contributed by atoms with E-state index in [1.807, 2.05) is 30.3 Å². The van der Waals surface area contributed by atoms with Crippen LogP contribution in [0.2, 0.25) is 0 Å². The largest absolute Gasteiger partial charge is 0.465 e. The molecule has 0 saturated heterocycles. The summed E-state index contributed by atoms with van der Waals surface area (Å²) in [7, 11) is 1.36. The summed E-state index contributed by atoms with van der Waals surface area (Å²) in [4.78, 5) is 22.0. The Hall–Kier alpha value is -3.23. The maximum absolute atomic E-state index is 12.6. The van der Waals surface area contributed by atoms with E-state index in [4.69, 9.17) is 14.1 Å². The normalized spacial score (nSPS) is 11.3. The Morgan fingerprint density at radius 1 is 1.10 bits per heavy atom. The Morgan fingerprint density at radius 3 is 2.68 bits per heavy atom. The molecule has 3 heterocycles. The monoisotopic (exact) mass is 449 g/mol. The molecule has 8 heteroatoms. The minimum absolute atomic E-state index is 0.374. The van der Waals surface area contributed by atoms with Crippen LogP contribution in [-0.2, 0) is 11.2 Å². The zero-order valence-electron chi connectivity index (χ0n) is 17.2. The Kier molecular flexibility index (Phi) is 4.95. The van der Waals surface area contributed by atoms with Crippen molar-refractivity contribution in [3.05, 3.63) is 59.4 Å². The quantitative estimate of drug-likeness (QED) is 0.306. The van der Waals surface area contributed by atoms with Crippen LogP contribution >= 0.6 is 22.7 Å². The molecular weight excluding hydrogens is 430 g/mol. The van der Waals surface area contributed by atoms with Gasteiger partial charge in [-0.2, -0.15) is 0 Å². The summed E-state index contributed by atoms with van der Waals surface area (Å²) < 4.78 is 13.1. The van der Waals surface area contributed by atoms with E-state index in [1.165, 1.54) is 24.0 Å². The number of ether oxygens (including phenoxy) is 1. The number of benzene rings is 2. The van der Waals surface area contributed by atoms with Crippen molar-refractivity contribution in [3.8, 4) is 10.6 Å². The summed E-state index contributed by atoms with van der Waals surface area (Å²) in [6.07, 6.45) is 0.970. The van der Waals surface area contributed by atoms with Gasteiger partial charge in [-0.3, -0.25) is 0 Å². The lowest BCUT2D eigenvalue weighted by molar-refractivity contribution is 0.0599. The highest BCUT2D eigenvalue weighted by molar-refractivity contribution is 7.22. The van der Waals surface area contributed by atoms with Gasteiger partial charge in [0.25, 0.3) is 0 Å². The number of anilines is 2. The Bertz CT molecular complexity index is 1400. The summed E-state index contributed by atoms with van der Waals surface area (Å²) >= 11 is 3.05. The van der Waals surface area contributed by atoms with E-state index >= 15 is 0 Å². The fraction of sp³-hybridized carbons (Fsp3) is 0.174. The van der Waals surface area contributed by atoms with Crippen molar-refractivity contribution in [2.45, 2.75) is 20.3 Å². The number of carbonyl (C=O) groups excluding carboxylic acids is 1. The third-order valence-corrected chi connectivity index (χ3v) is 7.05. The molecule has 0 atom stereocenters. The van der Waals surface area contributed by atoms with Crippen LogP contribution in [0.4, 0.5) is 11.0 Å². The summed E-state index contributed by atoms with van der Waals surface area (Å²) in [5, 5.41) is 4.66. The van der Waals surface area contributed by atoms with Crippen molar-refractivity contribution >= 4 is 60.1 Å². The zero-order valence-corrected chi connectivity index (χ0v) is 18.8. The number of para-hydroxylation sites is 1. The van der Waals surface area contributed by atoms with Gasteiger partial charge in [0.15, 0.2) is 5.13 Å². The minimum atomic E-state index is -0.458. The molecule has 156 valence electrons. The Balaban J connectivity index is 1.64. The maximum Gasteiger partial charge on any atom is 0.342 e. The molecule has 0 aliphatic rings. The molecule has 0 bridgehead atoms. The number of furan rings is 1. The molecule has 0 saturated carbocycles. The number of aromatic nitrogens is 2. The number of carbonyl (C=O) groups is 1. The van der Waals surface area contributed by atoms with E-state index in [2.05, 4.69) is 29.4 Å². The predicted molar refractivity (Wildman–Crippen MR) is 126 cm³/mol. The van der Waals surface area contributed by atoms with Crippen molar-refractivity contribution in [1.82, 2.24) is 9.97 Å². The second kappa shape index (κ2) is 7.79. The molecule has 5 aromatic rings. The average Bonchev–Trinajstić information content (AvgIpc) is 3.46. The highest BCUT2D eigenvalue weighted by Crippen LogP contribution is 2.42. The van der Waals surface area contributed by atoms with Crippen LogP contribution in [0.15, 0.2) is 46.9 Å². The van der Waals surface area contributed by atoms with Gasteiger partial charge in [-0.15, -0.1) is 11.3 Å². The fourth-order valence-corrected chi connectivity index (χ4v) is 5.44. The van der Waals surface area contributed by atoms with Crippen molar-refractivity contribution in [2.75, 3.05) is 12.4 Å². The molecule has 6 nitrogen and oxygen atoms in total. The lowest BCUT2D eigenvalue weighted by Gasteiger charge is -2.03. The number of thiazole rings is 2. The van der Waals surface area contributed by atoms with Gasteiger partial charge in [-0.05, 0) is 43.2 Å². The summed E-state index contributed by atoms with van der Waals surface area (Å²) in [6, 6.07) is 14.1. The first-order valence-electron chi connectivity index (χ1n) is 9.81. The third kappa shape index (κ3) is 3.47. The van der Waals surface area contributed by atoms with Gasteiger partial charge < -0.3 is 14.5 Å². The van der Waals surface area contributed by atoms with E-state index in [0.29, 0.717) is 32.9 Å².